The number of benzene rings is 1. The van der Waals surface area contributed by atoms with Crippen molar-refractivity contribution in [2.45, 2.75) is 32.3 Å². The van der Waals surface area contributed by atoms with E-state index in [-0.39, 0.29) is 0 Å². The molecule has 25 heavy (non-hydrogen) atoms. The largest absolute Gasteiger partial charge is 0.494 e. The Labute approximate surface area is 151 Å². The van der Waals surface area contributed by atoms with Crippen LogP contribution in [0.4, 0.5) is 0 Å². The van der Waals surface area contributed by atoms with Gasteiger partial charge < -0.3 is 15.0 Å². The van der Waals surface area contributed by atoms with Crippen molar-refractivity contribution in [3.63, 3.8) is 0 Å². The molecule has 0 unspecified atom stereocenters. The number of furan rings is 1. The number of aryl methyl sites for hydroxylation is 3. The summed E-state index contributed by atoms with van der Waals surface area (Å²) in [6, 6.07) is 7.99. The van der Waals surface area contributed by atoms with E-state index in [9.17, 15) is 0 Å². The van der Waals surface area contributed by atoms with E-state index in [0.717, 1.165) is 29.2 Å². The molecule has 0 aliphatic carbocycles. The Bertz CT molecular complexity index is 857. The fraction of sp³-hybridized carbons (Fsp3) is 0.333. The number of hydrogen-bond acceptors (Lipinski definition) is 6. The SMILES string of the molecule is Cc1ccc(OCCCSc2nnc(-c3ccoc3C)n2N)cc1C. The van der Waals surface area contributed by atoms with E-state index in [1.54, 1.807) is 18.0 Å². The van der Waals surface area contributed by atoms with Crippen molar-refractivity contribution in [1.29, 1.82) is 0 Å². The first kappa shape index (κ1) is 17.4. The molecule has 2 N–H and O–H groups in total. The van der Waals surface area contributed by atoms with Crippen LogP contribution in [0.1, 0.15) is 23.3 Å². The van der Waals surface area contributed by atoms with Gasteiger partial charge in [-0.05, 0) is 56.5 Å². The van der Waals surface area contributed by atoms with E-state index >= 15 is 0 Å². The van der Waals surface area contributed by atoms with Gasteiger partial charge in [0.15, 0.2) is 5.82 Å². The van der Waals surface area contributed by atoms with E-state index in [4.69, 9.17) is 15.0 Å². The van der Waals surface area contributed by atoms with Crippen LogP contribution in [0.3, 0.4) is 0 Å². The Balaban J connectivity index is 1.49. The van der Waals surface area contributed by atoms with Crippen molar-refractivity contribution in [3.05, 3.63) is 47.4 Å². The van der Waals surface area contributed by atoms with Crippen LogP contribution < -0.4 is 10.6 Å². The minimum atomic E-state index is 0.611. The highest BCUT2D eigenvalue weighted by Gasteiger charge is 2.15. The van der Waals surface area contributed by atoms with Gasteiger partial charge in [0.1, 0.15) is 11.5 Å². The lowest BCUT2D eigenvalue weighted by Crippen LogP contribution is -2.12. The first-order chi connectivity index (χ1) is 12.1. The number of aromatic nitrogens is 3. The molecule has 7 heteroatoms. The summed E-state index contributed by atoms with van der Waals surface area (Å²) in [6.07, 6.45) is 2.51. The molecule has 3 rings (SSSR count). The van der Waals surface area contributed by atoms with E-state index in [1.807, 2.05) is 19.1 Å². The van der Waals surface area contributed by atoms with Crippen molar-refractivity contribution in [2.24, 2.45) is 0 Å². The molecule has 6 nitrogen and oxygen atoms in total. The third kappa shape index (κ3) is 3.99. The van der Waals surface area contributed by atoms with Gasteiger partial charge in [0.05, 0.1) is 18.4 Å². The molecule has 2 heterocycles. The molecule has 0 spiro atoms. The molecule has 0 amide bonds. The van der Waals surface area contributed by atoms with Gasteiger partial charge in [-0.15, -0.1) is 10.2 Å². The third-order valence-corrected chi connectivity index (χ3v) is 5.06. The molecule has 0 fully saturated rings. The molecule has 0 atom stereocenters. The highest BCUT2D eigenvalue weighted by atomic mass is 32.2. The minimum absolute atomic E-state index is 0.611. The number of nitrogens with zero attached hydrogens (tertiary/aromatic N) is 3. The average molecular weight is 358 g/mol. The van der Waals surface area contributed by atoms with Crippen LogP contribution in [0.15, 0.2) is 40.1 Å². The molecule has 3 aromatic rings. The standard InChI is InChI=1S/C18H22N4O2S/c1-12-5-6-15(11-13(12)2)24-8-4-10-25-18-21-20-17(22(18)19)16-7-9-23-14(16)3/h5-7,9,11H,4,8,10,19H2,1-3H3. The van der Waals surface area contributed by atoms with Crippen LogP contribution in [0.2, 0.25) is 0 Å². The van der Waals surface area contributed by atoms with E-state index in [0.29, 0.717) is 17.6 Å². The van der Waals surface area contributed by atoms with Gasteiger partial charge in [-0.2, -0.15) is 0 Å². The molecular weight excluding hydrogens is 336 g/mol. The van der Waals surface area contributed by atoms with Crippen molar-refractivity contribution in [2.75, 3.05) is 18.2 Å². The van der Waals surface area contributed by atoms with Crippen LogP contribution in [-0.2, 0) is 0 Å². The predicted octanol–water partition coefficient (Wildman–Crippen LogP) is 3.74. The van der Waals surface area contributed by atoms with Crippen LogP contribution in [0, 0.1) is 20.8 Å². The smallest absolute Gasteiger partial charge is 0.210 e. The second-order valence-corrected chi connectivity index (χ2v) is 6.93. The van der Waals surface area contributed by atoms with E-state index in [1.165, 1.54) is 15.8 Å². The van der Waals surface area contributed by atoms with Gasteiger partial charge in [-0.3, -0.25) is 0 Å². The molecule has 0 aliphatic rings. The Morgan fingerprint density at radius 1 is 1.16 bits per heavy atom. The number of nitrogens with two attached hydrogens (primary N) is 1. The van der Waals surface area contributed by atoms with Crippen molar-refractivity contribution in [3.8, 4) is 17.1 Å². The van der Waals surface area contributed by atoms with Crippen LogP contribution >= 0.6 is 11.8 Å². The second kappa shape index (κ2) is 7.65. The molecule has 132 valence electrons. The van der Waals surface area contributed by atoms with Crippen molar-refractivity contribution in [1.82, 2.24) is 14.9 Å². The van der Waals surface area contributed by atoms with Gasteiger partial charge in [-0.25, -0.2) is 4.68 Å². The molecule has 2 aromatic heterocycles. The topological polar surface area (TPSA) is 79.1 Å². The van der Waals surface area contributed by atoms with E-state index in [2.05, 4.69) is 36.2 Å². The fourth-order valence-corrected chi connectivity index (χ4v) is 3.16. The first-order valence-corrected chi connectivity index (χ1v) is 9.12. The average Bonchev–Trinajstić information content (AvgIpc) is 3.16. The summed E-state index contributed by atoms with van der Waals surface area (Å²) in [6.45, 7) is 6.71. The van der Waals surface area contributed by atoms with Gasteiger partial charge in [0.25, 0.3) is 0 Å². The summed E-state index contributed by atoms with van der Waals surface area (Å²) in [4.78, 5) is 0. The van der Waals surface area contributed by atoms with Gasteiger partial charge in [0.2, 0.25) is 5.16 Å². The third-order valence-electron chi connectivity index (χ3n) is 4.03. The fourth-order valence-electron chi connectivity index (χ4n) is 2.39. The van der Waals surface area contributed by atoms with E-state index < -0.39 is 0 Å². The molecule has 0 saturated carbocycles. The van der Waals surface area contributed by atoms with Gasteiger partial charge in [-0.1, -0.05) is 17.8 Å². The van der Waals surface area contributed by atoms with Gasteiger partial charge in [0, 0.05) is 5.75 Å². The Kier molecular flexibility index (Phi) is 5.33. The summed E-state index contributed by atoms with van der Waals surface area (Å²) < 4.78 is 12.6. The van der Waals surface area contributed by atoms with Crippen LogP contribution in [0.25, 0.3) is 11.4 Å². The van der Waals surface area contributed by atoms with Crippen LogP contribution in [-0.4, -0.2) is 27.2 Å². The number of hydrogen-bond donors (Lipinski definition) is 1. The number of nitrogen functional groups attached to an aromatic ring is 1. The lowest BCUT2D eigenvalue weighted by molar-refractivity contribution is 0.318. The zero-order valence-corrected chi connectivity index (χ0v) is 15.5. The Morgan fingerprint density at radius 2 is 2.00 bits per heavy atom. The lowest BCUT2D eigenvalue weighted by Gasteiger charge is -2.08. The molecule has 0 bridgehead atoms. The summed E-state index contributed by atoms with van der Waals surface area (Å²) in [7, 11) is 0. The summed E-state index contributed by atoms with van der Waals surface area (Å²) in [5, 5.41) is 9.00. The Morgan fingerprint density at radius 3 is 2.72 bits per heavy atom. The normalized spacial score (nSPS) is 11.0. The lowest BCUT2D eigenvalue weighted by atomic mass is 10.1. The van der Waals surface area contributed by atoms with Crippen molar-refractivity contribution < 1.29 is 9.15 Å². The first-order valence-electron chi connectivity index (χ1n) is 8.14. The zero-order valence-electron chi connectivity index (χ0n) is 14.7. The highest BCUT2D eigenvalue weighted by Crippen LogP contribution is 2.25. The molecule has 0 aliphatic heterocycles. The summed E-state index contributed by atoms with van der Waals surface area (Å²) in [5.41, 5.74) is 3.37. The number of rotatable bonds is 7. The predicted molar refractivity (Wildman–Crippen MR) is 99.4 cm³/mol. The molecule has 1 aromatic carbocycles. The number of ether oxygens (including phenoxy) is 1. The quantitative estimate of drug-likeness (QED) is 0.394. The highest BCUT2D eigenvalue weighted by molar-refractivity contribution is 7.99. The Hall–Kier alpha value is -2.41. The van der Waals surface area contributed by atoms with Crippen LogP contribution in [0.5, 0.6) is 5.75 Å². The summed E-state index contributed by atoms with van der Waals surface area (Å²) >= 11 is 1.57. The maximum Gasteiger partial charge on any atom is 0.210 e. The maximum absolute atomic E-state index is 6.10. The summed E-state index contributed by atoms with van der Waals surface area (Å²) in [5.74, 6) is 9.25. The maximum atomic E-state index is 6.10. The number of thioether (sulfide) groups is 1. The second-order valence-electron chi connectivity index (χ2n) is 5.86. The van der Waals surface area contributed by atoms with Crippen molar-refractivity contribution >= 4 is 11.8 Å². The molecular formula is C18H22N4O2S. The van der Waals surface area contributed by atoms with Gasteiger partial charge >= 0.3 is 0 Å². The molecule has 0 radical (unpaired) electrons. The monoisotopic (exact) mass is 358 g/mol. The minimum Gasteiger partial charge on any atom is -0.494 e. The zero-order chi connectivity index (χ0) is 17.8. The molecule has 0 saturated heterocycles.